The average Bonchev–Trinajstić information content (AvgIpc) is 3.28. The fourth-order valence-electron chi connectivity index (χ4n) is 3.96. The molecule has 2 aliphatic rings. The molecule has 0 bridgehead atoms. The molecule has 4 heteroatoms. The van der Waals surface area contributed by atoms with Gasteiger partial charge in [-0.2, -0.15) is 5.26 Å². The first-order valence-electron chi connectivity index (χ1n) is 8.85. The number of para-hydroxylation sites is 1. The fraction of sp³-hybridized carbons (Fsp3) is 0.333. The molecule has 2 heterocycles. The first-order valence-corrected chi connectivity index (χ1v) is 8.85. The Balaban J connectivity index is 1.41. The number of carbonyl (C=O) groups is 1. The highest BCUT2D eigenvalue weighted by Gasteiger charge is 2.34. The minimum atomic E-state index is 0.0744. The standard InChI is InChI=1S/C21H21N3O/c22-13-16-4-3-5-17(12-16)14-23-10-8-19(15-23)21(25)24-11-9-18-6-1-2-7-20(18)24/h1-7,12,19H,8-11,14-15H2. The van der Waals surface area contributed by atoms with E-state index in [9.17, 15) is 4.79 Å². The van der Waals surface area contributed by atoms with Gasteiger partial charge in [-0.25, -0.2) is 0 Å². The molecule has 4 nitrogen and oxygen atoms in total. The molecule has 1 atom stereocenters. The summed E-state index contributed by atoms with van der Waals surface area (Å²) in [5, 5.41) is 9.03. The summed E-state index contributed by atoms with van der Waals surface area (Å²) in [7, 11) is 0. The molecule has 25 heavy (non-hydrogen) atoms. The van der Waals surface area contributed by atoms with Crippen LogP contribution in [-0.4, -0.2) is 30.4 Å². The van der Waals surface area contributed by atoms with Crippen LogP contribution in [0.3, 0.4) is 0 Å². The maximum Gasteiger partial charge on any atom is 0.231 e. The Morgan fingerprint density at radius 1 is 1.16 bits per heavy atom. The van der Waals surface area contributed by atoms with Crippen molar-refractivity contribution in [1.29, 1.82) is 5.26 Å². The van der Waals surface area contributed by atoms with Crippen molar-refractivity contribution in [2.24, 2.45) is 5.92 Å². The van der Waals surface area contributed by atoms with E-state index in [-0.39, 0.29) is 11.8 Å². The van der Waals surface area contributed by atoms with Crippen LogP contribution in [0.4, 0.5) is 5.69 Å². The maximum absolute atomic E-state index is 13.0. The van der Waals surface area contributed by atoms with Crippen molar-refractivity contribution in [2.45, 2.75) is 19.4 Å². The van der Waals surface area contributed by atoms with Gasteiger partial charge in [-0.3, -0.25) is 9.69 Å². The number of amides is 1. The lowest BCUT2D eigenvalue weighted by Crippen LogP contribution is -2.36. The van der Waals surface area contributed by atoms with E-state index in [1.54, 1.807) is 0 Å². The molecule has 2 aromatic carbocycles. The number of likely N-dealkylation sites (tertiary alicyclic amines) is 1. The van der Waals surface area contributed by atoms with Gasteiger partial charge in [0.05, 0.1) is 17.6 Å². The summed E-state index contributed by atoms with van der Waals surface area (Å²) < 4.78 is 0. The molecule has 0 radical (unpaired) electrons. The van der Waals surface area contributed by atoms with E-state index >= 15 is 0 Å². The second kappa shape index (κ2) is 6.70. The largest absolute Gasteiger partial charge is 0.312 e. The summed E-state index contributed by atoms with van der Waals surface area (Å²) in [6.07, 6.45) is 1.87. The molecule has 2 aliphatic heterocycles. The lowest BCUT2D eigenvalue weighted by atomic mass is 10.1. The number of hydrogen-bond acceptors (Lipinski definition) is 3. The van der Waals surface area contributed by atoms with Gasteiger partial charge in [-0.15, -0.1) is 0 Å². The molecular weight excluding hydrogens is 310 g/mol. The highest BCUT2D eigenvalue weighted by atomic mass is 16.2. The Labute approximate surface area is 148 Å². The van der Waals surface area contributed by atoms with E-state index in [0.29, 0.717) is 5.56 Å². The van der Waals surface area contributed by atoms with Gasteiger partial charge in [-0.1, -0.05) is 30.3 Å². The van der Waals surface area contributed by atoms with Crippen molar-refractivity contribution >= 4 is 11.6 Å². The number of hydrogen-bond donors (Lipinski definition) is 0. The molecule has 4 rings (SSSR count). The fourth-order valence-corrected chi connectivity index (χ4v) is 3.96. The summed E-state index contributed by atoms with van der Waals surface area (Å²) >= 11 is 0. The molecule has 1 fully saturated rings. The normalized spacial score (nSPS) is 19.6. The van der Waals surface area contributed by atoms with Crippen molar-refractivity contribution in [1.82, 2.24) is 4.90 Å². The third-order valence-corrected chi connectivity index (χ3v) is 5.24. The van der Waals surface area contributed by atoms with Gasteiger partial charge in [0.2, 0.25) is 5.91 Å². The third kappa shape index (κ3) is 3.16. The van der Waals surface area contributed by atoms with E-state index < -0.39 is 0 Å². The first kappa shape index (κ1) is 15.9. The smallest absolute Gasteiger partial charge is 0.231 e. The molecular formula is C21H21N3O. The summed E-state index contributed by atoms with van der Waals surface area (Å²) in [5.74, 6) is 0.337. The van der Waals surface area contributed by atoms with Gasteiger partial charge in [0.1, 0.15) is 0 Å². The quantitative estimate of drug-likeness (QED) is 0.869. The van der Waals surface area contributed by atoms with Crippen molar-refractivity contribution in [3.8, 4) is 6.07 Å². The van der Waals surface area contributed by atoms with E-state index in [0.717, 1.165) is 50.3 Å². The highest BCUT2D eigenvalue weighted by Crippen LogP contribution is 2.31. The third-order valence-electron chi connectivity index (χ3n) is 5.24. The van der Waals surface area contributed by atoms with Crippen LogP contribution in [0, 0.1) is 17.2 Å². The Morgan fingerprint density at radius 3 is 2.92 bits per heavy atom. The second-order valence-electron chi connectivity index (χ2n) is 6.90. The van der Waals surface area contributed by atoms with Gasteiger partial charge >= 0.3 is 0 Å². The minimum Gasteiger partial charge on any atom is -0.312 e. The number of nitriles is 1. The first-order chi connectivity index (χ1) is 12.2. The molecule has 0 aromatic heterocycles. The zero-order chi connectivity index (χ0) is 17.2. The Bertz CT molecular complexity index is 839. The lowest BCUT2D eigenvalue weighted by Gasteiger charge is -2.22. The van der Waals surface area contributed by atoms with Crippen LogP contribution >= 0.6 is 0 Å². The molecule has 1 amide bonds. The zero-order valence-electron chi connectivity index (χ0n) is 14.2. The molecule has 1 saturated heterocycles. The van der Waals surface area contributed by atoms with Crippen LogP contribution in [0.2, 0.25) is 0 Å². The molecule has 0 saturated carbocycles. The van der Waals surface area contributed by atoms with Gasteiger partial charge in [-0.05, 0) is 48.7 Å². The average molecular weight is 331 g/mol. The highest BCUT2D eigenvalue weighted by molar-refractivity contribution is 5.97. The van der Waals surface area contributed by atoms with Gasteiger partial charge in [0.25, 0.3) is 0 Å². The van der Waals surface area contributed by atoms with Crippen LogP contribution in [-0.2, 0) is 17.8 Å². The van der Waals surface area contributed by atoms with Crippen molar-refractivity contribution in [3.63, 3.8) is 0 Å². The van der Waals surface area contributed by atoms with E-state index in [2.05, 4.69) is 23.1 Å². The number of fused-ring (bicyclic) bond motifs is 1. The summed E-state index contributed by atoms with van der Waals surface area (Å²) in [4.78, 5) is 17.3. The van der Waals surface area contributed by atoms with E-state index in [4.69, 9.17) is 5.26 Å². The van der Waals surface area contributed by atoms with Crippen molar-refractivity contribution in [2.75, 3.05) is 24.5 Å². The number of benzene rings is 2. The molecule has 126 valence electrons. The predicted molar refractivity (Wildman–Crippen MR) is 97.0 cm³/mol. The maximum atomic E-state index is 13.0. The predicted octanol–water partition coefficient (Wildman–Crippen LogP) is 2.97. The van der Waals surface area contributed by atoms with Gasteiger partial charge < -0.3 is 4.90 Å². The summed E-state index contributed by atoms with van der Waals surface area (Å²) in [5.41, 5.74) is 4.20. The van der Waals surface area contributed by atoms with E-state index in [1.807, 2.05) is 41.3 Å². The Morgan fingerprint density at radius 2 is 2.04 bits per heavy atom. The SMILES string of the molecule is N#Cc1cccc(CN2CCC(C(=O)N3CCc4ccccc43)C2)c1. The van der Waals surface area contributed by atoms with Crippen LogP contribution in [0.1, 0.15) is 23.1 Å². The van der Waals surface area contributed by atoms with Crippen molar-refractivity contribution < 1.29 is 4.79 Å². The van der Waals surface area contributed by atoms with Crippen molar-refractivity contribution in [3.05, 3.63) is 65.2 Å². The monoisotopic (exact) mass is 331 g/mol. The molecule has 0 spiro atoms. The topological polar surface area (TPSA) is 47.3 Å². The van der Waals surface area contributed by atoms with Crippen LogP contribution in [0.5, 0.6) is 0 Å². The number of anilines is 1. The molecule has 2 aromatic rings. The van der Waals surface area contributed by atoms with Gasteiger partial charge in [0, 0.05) is 25.3 Å². The molecule has 0 aliphatic carbocycles. The second-order valence-corrected chi connectivity index (χ2v) is 6.90. The van der Waals surface area contributed by atoms with Crippen LogP contribution in [0.25, 0.3) is 0 Å². The Hall–Kier alpha value is -2.64. The molecule has 0 N–H and O–H groups in total. The Kier molecular flexibility index (Phi) is 4.25. The van der Waals surface area contributed by atoms with Crippen LogP contribution in [0.15, 0.2) is 48.5 Å². The summed E-state index contributed by atoms with van der Waals surface area (Å²) in [6, 6.07) is 18.1. The number of nitrogens with zero attached hydrogens (tertiary/aromatic N) is 3. The zero-order valence-corrected chi connectivity index (χ0v) is 14.2. The number of carbonyl (C=O) groups excluding carboxylic acids is 1. The lowest BCUT2D eigenvalue weighted by molar-refractivity contribution is -0.121. The minimum absolute atomic E-state index is 0.0744. The van der Waals surface area contributed by atoms with E-state index in [1.165, 1.54) is 5.56 Å². The van der Waals surface area contributed by atoms with Crippen LogP contribution < -0.4 is 4.90 Å². The summed E-state index contributed by atoms with van der Waals surface area (Å²) in [6.45, 7) is 3.34. The van der Waals surface area contributed by atoms with Gasteiger partial charge in [0.15, 0.2) is 0 Å². The molecule has 1 unspecified atom stereocenters. The number of rotatable bonds is 3.